The standard InChI is InChI=1S/C16H25ClN2O4/c1-10(9-18-15(20)23-16(2,3)4)19-12-8-13(21-5)11(17)7-14(12)22-6/h7-8,10,19H,9H2,1-6H3,(H,18,20). The highest BCUT2D eigenvalue weighted by Crippen LogP contribution is 2.36. The van der Waals surface area contributed by atoms with E-state index < -0.39 is 11.7 Å². The number of rotatable bonds is 6. The highest BCUT2D eigenvalue weighted by atomic mass is 35.5. The number of ether oxygens (including phenoxy) is 3. The highest BCUT2D eigenvalue weighted by molar-refractivity contribution is 6.32. The molecule has 6 nitrogen and oxygen atoms in total. The Kier molecular flexibility index (Phi) is 6.81. The number of methoxy groups -OCH3 is 2. The van der Waals surface area contributed by atoms with Crippen LogP contribution in [0.25, 0.3) is 0 Å². The third-order valence-electron chi connectivity index (χ3n) is 2.83. The van der Waals surface area contributed by atoms with E-state index in [0.717, 1.165) is 5.69 Å². The summed E-state index contributed by atoms with van der Waals surface area (Å²) in [4.78, 5) is 11.7. The third-order valence-corrected chi connectivity index (χ3v) is 3.12. The van der Waals surface area contributed by atoms with E-state index in [2.05, 4.69) is 10.6 Å². The molecule has 130 valence electrons. The van der Waals surface area contributed by atoms with E-state index in [1.807, 2.05) is 27.7 Å². The molecule has 0 heterocycles. The molecule has 0 fully saturated rings. The summed E-state index contributed by atoms with van der Waals surface area (Å²) in [7, 11) is 3.11. The molecule has 0 saturated heterocycles. The normalized spacial score (nSPS) is 12.3. The minimum absolute atomic E-state index is 0.0534. The predicted octanol–water partition coefficient (Wildman–Crippen LogP) is 3.68. The number of alkyl carbamates (subject to hydrolysis) is 1. The van der Waals surface area contributed by atoms with Crippen molar-refractivity contribution in [3.8, 4) is 11.5 Å². The Balaban J connectivity index is 2.67. The maximum Gasteiger partial charge on any atom is 0.407 e. The molecule has 1 atom stereocenters. The zero-order valence-electron chi connectivity index (χ0n) is 14.5. The largest absolute Gasteiger partial charge is 0.495 e. The summed E-state index contributed by atoms with van der Waals surface area (Å²) >= 11 is 6.07. The predicted molar refractivity (Wildman–Crippen MR) is 91.9 cm³/mol. The second-order valence-electron chi connectivity index (χ2n) is 6.12. The monoisotopic (exact) mass is 344 g/mol. The first kappa shape index (κ1) is 19.2. The van der Waals surface area contributed by atoms with Gasteiger partial charge in [-0.1, -0.05) is 11.6 Å². The van der Waals surface area contributed by atoms with Crippen LogP contribution in [0.15, 0.2) is 12.1 Å². The topological polar surface area (TPSA) is 68.8 Å². The number of amides is 1. The molecule has 1 amide bonds. The van der Waals surface area contributed by atoms with Crippen molar-refractivity contribution in [1.29, 1.82) is 0 Å². The van der Waals surface area contributed by atoms with Crippen LogP contribution in [0.5, 0.6) is 11.5 Å². The number of carbonyl (C=O) groups is 1. The van der Waals surface area contributed by atoms with Gasteiger partial charge in [0.2, 0.25) is 0 Å². The zero-order chi connectivity index (χ0) is 17.6. The Morgan fingerprint density at radius 2 is 1.83 bits per heavy atom. The second kappa shape index (κ2) is 8.15. The Morgan fingerprint density at radius 1 is 1.22 bits per heavy atom. The molecule has 0 bridgehead atoms. The van der Waals surface area contributed by atoms with Crippen LogP contribution < -0.4 is 20.1 Å². The molecule has 7 heteroatoms. The van der Waals surface area contributed by atoms with Gasteiger partial charge >= 0.3 is 6.09 Å². The molecule has 1 rings (SSSR count). The molecule has 0 spiro atoms. The van der Waals surface area contributed by atoms with Crippen LogP contribution in [0.4, 0.5) is 10.5 Å². The van der Waals surface area contributed by atoms with Gasteiger partial charge in [-0.3, -0.25) is 0 Å². The first-order valence-corrected chi connectivity index (χ1v) is 7.69. The van der Waals surface area contributed by atoms with Crippen LogP contribution in [-0.4, -0.2) is 38.5 Å². The third kappa shape index (κ3) is 6.44. The van der Waals surface area contributed by atoms with Gasteiger partial charge in [0, 0.05) is 24.7 Å². The number of anilines is 1. The van der Waals surface area contributed by atoms with Crippen LogP contribution in [-0.2, 0) is 4.74 Å². The molecular formula is C16H25ClN2O4. The van der Waals surface area contributed by atoms with Crippen molar-refractivity contribution < 1.29 is 19.0 Å². The lowest BCUT2D eigenvalue weighted by Gasteiger charge is -2.22. The summed E-state index contributed by atoms with van der Waals surface area (Å²) in [5.41, 5.74) is 0.209. The lowest BCUT2D eigenvalue weighted by molar-refractivity contribution is 0.0526. The van der Waals surface area contributed by atoms with Crippen molar-refractivity contribution in [3.05, 3.63) is 17.2 Å². The van der Waals surface area contributed by atoms with E-state index in [-0.39, 0.29) is 6.04 Å². The fourth-order valence-corrected chi connectivity index (χ4v) is 2.07. The van der Waals surface area contributed by atoms with Gasteiger partial charge in [-0.25, -0.2) is 4.79 Å². The van der Waals surface area contributed by atoms with E-state index in [1.165, 1.54) is 0 Å². The van der Waals surface area contributed by atoms with E-state index in [4.69, 9.17) is 25.8 Å². The summed E-state index contributed by atoms with van der Waals surface area (Å²) in [6.07, 6.45) is -0.452. The van der Waals surface area contributed by atoms with Crippen LogP contribution in [0.2, 0.25) is 5.02 Å². The Morgan fingerprint density at radius 3 is 2.35 bits per heavy atom. The van der Waals surface area contributed by atoms with Crippen molar-refractivity contribution in [2.45, 2.75) is 39.3 Å². The minimum Gasteiger partial charge on any atom is -0.495 e. The van der Waals surface area contributed by atoms with Crippen molar-refractivity contribution in [1.82, 2.24) is 5.32 Å². The fourth-order valence-electron chi connectivity index (χ4n) is 1.84. The van der Waals surface area contributed by atoms with E-state index >= 15 is 0 Å². The molecule has 0 aliphatic carbocycles. The zero-order valence-corrected chi connectivity index (χ0v) is 15.2. The average Bonchev–Trinajstić information content (AvgIpc) is 2.44. The SMILES string of the molecule is COc1cc(NC(C)CNC(=O)OC(C)(C)C)c(OC)cc1Cl. The van der Waals surface area contributed by atoms with Gasteiger partial charge in [0.15, 0.2) is 0 Å². The van der Waals surface area contributed by atoms with Gasteiger partial charge in [-0.15, -0.1) is 0 Å². The van der Waals surface area contributed by atoms with Crippen LogP contribution in [0.1, 0.15) is 27.7 Å². The highest BCUT2D eigenvalue weighted by Gasteiger charge is 2.17. The number of benzene rings is 1. The van der Waals surface area contributed by atoms with Gasteiger partial charge in [0.25, 0.3) is 0 Å². The molecule has 0 saturated carbocycles. The Labute approximate surface area is 142 Å². The minimum atomic E-state index is -0.520. The molecule has 0 radical (unpaired) electrons. The summed E-state index contributed by atoms with van der Waals surface area (Å²) < 4.78 is 15.7. The van der Waals surface area contributed by atoms with Crippen molar-refractivity contribution in [3.63, 3.8) is 0 Å². The van der Waals surface area contributed by atoms with Crippen molar-refractivity contribution >= 4 is 23.4 Å². The van der Waals surface area contributed by atoms with Gasteiger partial charge in [-0.2, -0.15) is 0 Å². The molecule has 0 aromatic heterocycles. The van der Waals surface area contributed by atoms with Gasteiger partial charge in [0.05, 0.1) is 24.9 Å². The molecule has 1 unspecified atom stereocenters. The lowest BCUT2D eigenvalue weighted by Crippen LogP contribution is -2.38. The first-order valence-electron chi connectivity index (χ1n) is 7.31. The summed E-state index contributed by atoms with van der Waals surface area (Å²) in [6.45, 7) is 7.78. The van der Waals surface area contributed by atoms with Gasteiger partial charge in [0.1, 0.15) is 17.1 Å². The molecule has 2 N–H and O–H groups in total. The van der Waals surface area contributed by atoms with Crippen LogP contribution in [0.3, 0.4) is 0 Å². The lowest BCUT2D eigenvalue weighted by atomic mass is 10.2. The van der Waals surface area contributed by atoms with Gasteiger partial charge in [-0.05, 0) is 27.7 Å². The van der Waals surface area contributed by atoms with Crippen LogP contribution >= 0.6 is 11.6 Å². The Bertz CT molecular complexity index is 544. The second-order valence-corrected chi connectivity index (χ2v) is 6.52. The van der Waals surface area contributed by atoms with E-state index in [9.17, 15) is 4.79 Å². The fraction of sp³-hybridized carbons (Fsp3) is 0.562. The number of halogens is 1. The molecule has 1 aromatic rings. The molecule has 0 aliphatic heterocycles. The molecular weight excluding hydrogens is 320 g/mol. The Hall–Kier alpha value is -1.82. The maximum absolute atomic E-state index is 11.7. The number of carbonyl (C=O) groups excluding carboxylic acids is 1. The molecule has 23 heavy (non-hydrogen) atoms. The number of hydrogen-bond acceptors (Lipinski definition) is 5. The first-order chi connectivity index (χ1) is 10.7. The molecule has 0 aliphatic rings. The van der Waals surface area contributed by atoms with Crippen molar-refractivity contribution in [2.75, 3.05) is 26.1 Å². The van der Waals surface area contributed by atoms with Crippen molar-refractivity contribution in [2.24, 2.45) is 0 Å². The summed E-state index contributed by atoms with van der Waals surface area (Å²) in [6, 6.07) is 3.38. The van der Waals surface area contributed by atoms with Crippen LogP contribution in [0, 0.1) is 0 Å². The summed E-state index contributed by atoms with van der Waals surface area (Å²) in [5, 5.41) is 6.43. The molecule has 1 aromatic carbocycles. The number of hydrogen-bond donors (Lipinski definition) is 2. The number of nitrogens with one attached hydrogen (secondary N) is 2. The quantitative estimate of drug-likeness (QED) is 0.823. The van der Waals surface area contributed by atoms with E-state index in [0.29, 0.717) is 23.1 Å². The van der Waals surface area contributed by atoms with E-state index in [1.54, 1.807) is 26.4 Å². The average molecular weight is 345 g/mol. The maximum atomic E-state index is 11.7. The summed E-state index contributed by atoms with van der Waals surface area (Å²) in [5.74, 6) is 1.14. The van der Waals surface area contributed by atoms with Gasteiger partial charge < -0.3 is 24.8 Å². The smallest absolute Gasteiger partial charge is 0.407 e.